The topological polar surface area (TPSA) is 29.5 Å². The first-order chi connectivity index (χ1) is 11.8. The number of alkyl halides is 12. The van der Waals surface area contributed by atoms with Crippen LogP contribution in [0.4, 0.5) is 52.7 Å². The molecule has 5 aliphatic rings. The maximum Gasteiger partial charge on any atom is 0.426 e. The molecule has 5 rings (SSSR count). The SMILES string of the molecule is OC(C(F)(F)F)(C(F)(F)F)C12C3OC(C(F)(F)F)(C(F)(F)F)C4C1[C@@H]2C[C@@H]34. The van der Waals surface area contributed by atoms with Crippen molar-refractivity contribution < 1.29 is 62.5 Å². The van der Waals surface area contributed by atoms with Gasteiger partial charge in [0.15, 0.2) is 0 Å². The molecule has 156 valence electrons. The first-order valence-electron chi connectivity index (χ1n) is 7.49. The second-order valence-corrected chi connectivity index (χ2v) is 7.47. The third-order valence-electron chi connectivity index (χ3n) is 6.80. The maximum absolute atomic E-state index is 13.3. The van der Waals surface area contributed by atoms with E-state index in [-0.39, 0.29) is 0 Å². The van der Waals surface area contributed by atoms with Gasteiger partial charge in [0.2, 0.25) is 0 Å². The van der Waals surface area contributed by atoms with Crippen LogP contribution in [0, 0.1) is 29.1 Å². The lowest BCUT2D eigenvalue weighted by molar-refractivity contribution is -0.428. The molecule has 5 fully saturated rings. The molecule has 6 atom stereocenters. The van der Waals surface area contributed by atoms with Gasteiger partial charge in [-0.25, -0.2) is 0 Å². The second kappa shape index (κ2) is 4.31. The summed E-state index contributed by atoms with van der Waals surface area (Å²) in [6.07, 6.45) is -28.3. The van der Waals surface area contributed by atoms with Gasteiger partial charge in [0.05, 0.1) is 11.5 Å². The van der Waals surface area contributed by atoms with Gasteiger partial charge >= 0.3 is 24.7 Å². The molecule has 4 unspecified atom stereocenters. The van der Waals surface area contributed by atoms with Crippen LogP contribution in [0.5, 0.6) is 0 Å². The van der Waals surface area contributed by atoms with E-state index in [0.717, 1.165) is 0 Å². The van der Waals surface area contributed by atoms with Gasteiger partial charge in [-0.15, -0.1) is 0 Å². The first kappa shape index (κ1) is 19.4. The molecule has 1 heterocycles. The van der Waals surface area contributed by atoms with E-state index in [4.69, 9.17) is 0 Å². The normalized spacial score (nSPS) is 42.8. The van der Waals surface area contributed by atoms with Crippen LogP contribution in [-0.2, 0) is 4.74 Å². The molecule has 6 bridgehead atoms. The van der Waals surface area contributed by atoms with Gasteiger partial charge in [0.25, 0.3) is 11.2 Å². The lowest BCUT2D eigenvalue weighted by Crippen LogP contribution is -2.69. The fraction of sp³-hybridized carbons (Fsp3) is 1.00. The molecule has 2 nitrogen and oxygen atoms in total. The minimum Gasteiger partial charge on any atom is -0.373 e. The van der Waals surface area contributed by atoms with E-state index < -0.39 is 77.5 Å². The van der Waals surface area contributed by atoms with Crippen molar-refractivity contribution in [1.82, 2.24) is 0 Å². The van der Waals surface area contributed by atoms with Crippen LogP contribution in [0.25, 0.3) is 0 Å². The zero-order valence-corrected chi connectivity index (χ0v) is 12.5. The van der Waals surface area contributed by atoms with E-state index in [0.29, 0.717) is 0 Å². The van der Waals surface area contributed by atoms with Crippen LogP contribution in [0.15, 0.2) is 0 Å². The van der Waals surface area contributed by atoms with Crippen molar-refractivity contribution >= 4 is 0 Å². The minimum atomic E-state index is -6.36. The van der Waals surface area contributed by atoms with Crippen molar-refractivity contribution in [1.29, 1.82) is 0 Å². The van der Waals surface area contributed by atoms with E-state index in [1.807, 2.05) is 0 Å². The van der Waals surface area contributed by atoms with Gasteiger partial charge in [-0.2, -0.15) is 52.7 Å². The van der Waals surface area contributed by atoms with Gasteiger partial charge < -0.3 is 9.84 Å². The van der Waals surface area contributed by atoms with Gasteiger partial charge in [-0.1, -0.05) is 0 Å². The fourth-order valence-corrected chi connectivity index (χ4v) is 6.23. The maximum atomic E-state index is 13.3. The Kier molecular flexibility index (Phi) is 3.10. The molecule has 0 radical (unpaired) electrons. The van der Waals surface area contributed by atoms with Gasteiger partial charge in [-0.3, -0.25) is 0 Å². The summed E-state index contributed by atoms with van der Waals surface area (Å²) >= 11 is 0. The predicted octanol–water partition coefficient (Wildman–Crippen LogP) is 3.99. The molecule has 1 saturated heterocycles. The number of aliphatic hydroxyl groups is 1. The summed E-state index contributed by atoms with van der Waals surface area (Å²) in [5.41, 5.74) is -13.6. The van der Waals surface area contributed by atoms with Crippen molar-refractivity contribution in [2.75, 3.05) is 0 Å². The molecule has 1 aliphatic heterocycles. The quantitative estimate of drug-likeness (QED) is 0.646. The average Bonchev–Trinajstić information content (AvgIpc) is 2.79. The zero-order valence-electron chi connectivity index (χ0n) is 12.5. The molecular formula is C13H8F12O2. The molecule has 0 spiro atoms. The number of rotatable bonds is 1. The molecule has 4 saturated carbocycles. The largest absolute Gasteiger partial charge is 0.426 e. The number of hydrogen-bond donors (Lipinski definition) is 1. The number of halogens is 12. The van der Waals surface area contributed by atoms with Crippen molar-refractivity contribution in [2.45, 2.75) is 48.4 Å². The van der Waals surface area contributed by atoms with Crippen LogP contribution in [0.2, 0.25) is 0 Å². The van der Waals surface area contributed by atoms with Crippen LogP contribution in [0.3, 0.4) is 0 Å². The van der Waals surface area contributed by atoms with E-state index >= 15 is 0 Å². The summed E-state index contributed by atoms with van der Waals surface area (Å²) in [6.45, 7) is 0. The lowest BCUT2D eigenvalue weighted by Gasteiger charge is -2.46. The summed E-state index contributed by atoms with van der Waals surface area (Å²) in [7, 11) is 0. The van der Waals surface area contributed by atoms with Crippen molar-refractivity contribution in [2.24, 2.45) is 29.1 Å². The highest BCUT2D eigenvalue weighted by atomic mass is 19.4. The highest BCUT2D eigenvalue weighted by Crippen LogP contribution is 2.93. The summed E-state index contributed by atoms with van der Waals surface area (Å²) in [6, 6.07) is 0. The monoisotopic (exact) mass is 424 g/mol. The van der Waals surface area contributed by atoms with Crippen molar-refractivity contribution in [3.8, 4) is 0 Å². The number of hydrogen-bond acceptors (Lipinski definition) is 2. The third-order valence-corrected chi connectivity index (χ3v) is 6.80. The highest BCUT2D eigenvalue weighted by Gasteiger charge is 3.05. The first-order valence-corrected chi connectivity index (χ1v) is 7.49. The lowest BCUT2D eigenvalue weighted by atomic mass is 9.75. The van der Waals surface area contributed by atoms with Crippen molar-refractivity contribution in [3.63, 3.8) is 0 Å². The Morgan fingerprint density at radius 2 is 1.19 bits per heavy atom. The molecule has 27 heavy (non-hydrogen) atoms. The molecule has 1 N–H and O–H groups in total. The Bertz CT molecular complexity index is 659. The molecular weight excluding hydrogens is 416 g/mol. The fourth-order valence-electron chi connectivity index (χ4n) is 6.23. The van der Waals surface area contributed by atoms with Crippen LogP contribution in [-0.4, -0.2) is 47.1 Å². The molecule has 0 aromatic rings. The Morgan fingerprint density at radius 3 is 1.52 bits per heavy atom. The minimum absolute atomic E-state index is 0.734. The zero-order chi connectivity index (χ0) is 20.8. The summed E-state index contributed by atoms with van der Waals surface area (Å²) < 4.78 is 163. The standard InChI is InChI=1S/C13H8F12O2/c14-10(15,16)8(11(17,18)19)4-2-1-3-5(4)7(3,6(2)27-8)9(26,12(20,21)22)13(23,24)25/h2-6,26H,1H2/t2-,3+,4?,5?,6?,7?/m1/s1. The molecule has 0 amide bonds. The third kappa shape index (κ3) is 1.61. The van der Waals surface area contributed by atoms with Crippen molar-refractivity contribution in [3.05, 3.63) is 0 Å². The van der Waals surface area contributed by atoms with Crippen LogP contribution >= 0.6 is 0 Å². The highest BCUT2D eigenvalue weighted by molar-refractivity contribution is 5.43. The van der Waals surface area contributed by atoms with Gasteiger partial charge in [0.1, 0.15) is 0 Å². The predicted molar refractivity (Wildman–Crippen MR) is 57.8 cm³/mol. The van der Waals surface area contributed by atoms with Gasteiger partial charge in [-0.05, 0) is 24.2 Å². The smallest absolute Gasteiger partial charge is 0.373 e. The summed E-state index contributed by atoms with van der Waals surface area (Å²) in [5, 5.41) is 9.69. The van der Waals surface area contributed by atoms with E-state index in [1.165, 1.54) is 0 Å². The van der Waals surface area contributed by atoms with E-state index in [1.54, 1.807) is 0 Å². The van der Waals surface area contributed by atoms with E-state index in [2.05, 4.69) is 4.74 Å². The Balaban J connectivity index is 1.88. The van der Waals surface area contributed by atoms with Gasteiger partial charge in [0, 0.05) is 5.92 Å². The van der Waals surface area contributed by atoms with E-state index in [9.17, 15) is 57.8 Å². The molecule has 4 aliphatic carbocycles. The average molecular weight is 424 g/mol. The van der Waals surface area contributed by atoms with Crippen LogP contribution < -0.4 is 0 Å². The molecule has 14 heteroatoms. The Morgan fingerprint density at radius 1 is 0.741 bits per heavy atom. The second-order valence-electron chi connectivity index (χ2n) is 7.47. The Labute approximate surface area is 141 Å². The summed E-state index contributed by atoms with van der Waals surface area (Å²) in [5.74, 6) is -8.52. The van der Waals surface area contributed by atoms with Crippen LogP contribution in [0.1, 0.15) is 6.42 Å². The molecule has 0 aromatic heterocycles. The molecule has 0 aromatic carbocycles. The summed E-state index contributed by atoms with van der Waals surface area (Å²) in [4.78, 5) is 0. The number of ether oxygens (including phenoxy) is 1. The Hall–Kier alpha value is -0.920.